The molecule has 4 nitrogen and oxygen atoms in total. The van der Waals surface area contributed by atoms with E-state index in [9.17, 15) is 0 Å². The minimum atomic E-state index is 0.133. The summed E-state index contributed by atoms with van der Waals surface area (Å²) in [5.41, 5.74) is 1.04. The zero-order valence-corrected chi connectivity index (χ0v) is 10.2. The van der Waals surface area contributed by atoms with E-state index in [1.54, 1.807) is 20.4 Å². The highest BCUT2D eigenvalue weighted by Gasteiger charge is 2.15. The molecule has 0 aliphatic carbocycles. The van der Waals surface area contributed by atoms with Crippen LogP contribution < -0.4 is 10.1 Å². The van der Waals surface area contributed by atoms with Gasteiger partial charge in [-0.2, -0.15) is 0 Å². The predicted molar refractivity (Wildman–Crippen MR) is 63.7 cm³/mol. The third-order valence-electron chi connectivity index (χ3n) is 2.34. The molecule has 0 saturated carbocycles. The van der Waals surface area contributed by atoms with E-state index >= 15 is 0 Å². The molecule has 16 heavy (non-hydrogen) atoms. The SMILES string of the molecule is CCCNC(COC)c1cccnc1OC. The molecule has 1 atom stereocenters. The van der Waals surface area contributed by atoms with Gasteiger partial charge in [0.1, 0.15) is 0 Å². The molecule has 1 aromatic rings. The maximum atomic E-state index is 5.25. The van der Waals surface area contributed by atoms with Crippen LogP contribution in [0.4, 0.5) is 0 Å². The van der Waals surface area contributed by atoms with Gasteiger partial charge in [-0.3, -0.25) is 0 Å². The number of hydrogen-bond acceptors (Lipinski definition) is 4. The van der Waals surface area contributed by atoms with Crippen LogP contribution in [0.1, 0.15) is 24.9 Å². The zero-order chi connectivity index (χ0) is 11.8. The molecule has 0 saturated heterocycles. The Balaban J connectivity index is 2.81. The Hall–Kier alpha value is -1.13. The van der Waals surface area contributed by atoms with E-state index in [1.807, 2.05) is 12.1 Å². The first kappa shape index (κ1) is 12.9. The second kappa shape index (κ2) is 7.19. The van der Waals surface area contributed by atoms with Gasteiger partial charge in [0.2, 0.25) is 5.88 Å². The number of nitrogens with one attached hydrogen (secondary N) is 1. The van der Waals surface area contributed by atoms with E-state index < -0.39 is 0 Å². The van der Waals surface area contributed by atoms with Crippen molar-refractivity contribution in [3.63, 3.8) is 0 Å². The molecule has 1 aromatic heterocycles. The lowest BCUT2D eigenvalue weighted by atomic mass is 10.1. The maximum Gasteiger partial charge on any atom is 0.217 e. The number of hydrogen-bond donors (Lipinski definition) is 1. The van der Waals surface area contributed by atoms with Gasteiger partial charge in [0.05, 0.1) is 19.8 Å². The van der Waals surface area contributed by atoms with Crippen molar-refractivity contribution in [3.8, 4) is 5.88 Å². The summed E-state index contributed by atoms with van der Waals surface area (Å²) in [6.07, 6.45) is 2.81. The fourth-order valence-electron chi connectivity index (χ4n) is 1.58. The van der Waals surface area contributed by atoms with Crippen molar-refractivity contribution < 1.29 is 9.47 Å². The van der Waals surface area contributed by atoms with Gasteiger partial charge < -0.3 is 14.8 Å². The Morgan fingerprint density at radius 2 is 2.25 bits per heavy atom. The van der Waals surface area contributed by atoms with Crippen LogP contribution >= 0.6 is 0 Å². The maximum absolute atomic E-state index is 5.25. The van der Waals surface area contributed by atoms with Gasteiger partial charge in [0.25, 0.3) is 0 Å². The molecule has 0 fully saturated rings. The van der Waals surface area contributed by atoms with Crippen LogP contribution in [0, 0.1) is 0 Å². The predicted octanol–water partition coefficient (Wildman–Crippen LogP) is 1.78. The van der Waals surface area contributed by atoms with Gasteiger partial charge in [-0.25, -0.2) is 4.98 Å². The van der Waals surface area contributed by atoms with Crippen molar-refractivity contribution in [2.45, 2.75) is 19.4 Å². The Bertz CT molecular complexity index is 305. The molecule has 0 spiro atoms. The number of methoxy groups -OCH3 is 2. The number of ether oxygens (including phenoxy) is 2. The Morgan fingerprint density at radius 1 is 1.44 bits per heavy atom. The first-order chi connectivity index (χ1) is 7.83. The molecule has 0 aromatic carbocycles. The average molecular weight is 224 g/mol. The molecular formula is C12H20N2O2. The Morgan fingerprint density at radius 3 is 2.88 bits per heavy atom. The van der Waals surface area contributed by atoms with Gasteiger partial charge in [-0.15, -0.1) is 0 Å². The highest BCUT2D eigenvalue weighted by molar-refractivity contribution is 5.29. The molecule has 1 rings (SSSR count). The largest absolute Gasteiger partial charge is 0.481 e. The van der Waals surface area contributed by atoms with Crippen LogP contribution in [-0.2, 0) is 4.74 Å². The van der Waals surface area contributed by atoms with Crippen LogP contribution in [0.3, 0.4) is 0 Å². The third-order valence-corrected chi connectivity index (χ3v) is 2.34. The molecule has 1 N–H and O–H groups in total. The summed E-state index contributed by atoms with van der Waals surface area (Å²) in [5, 5.41) is 3.42. The molecular weight excluding hydrogens is 204 g/mol. The van der Waals surface area contributed by atoms with E-state index in [0.717, 1.165) is 18.5 Å². The normalized spacial score (nSPS) is 12.4. The zero-order valence-electron chi connectivity index (χ0n) is 10.2. The molecule has 0 bridgehead atoms. The molecule has 1 heterocycles. The summed E-state index contributed by atoms with van der Waals surface area (Å²) >= 11 is 0. The van der Waals surface area contributed by atoms with Gasteiger partial charge >= 0.3 is 0 Å². The van der Waals surface area contributed by atoms with Gasteiger partial charge in [0, 0.05) is 18.9 Å². The lowest BCUT2D eigenvalue weighted by molar-refractivity contribution is 0.165. The smallest absolute Gasteiger partial charge is 0.217 e. The van der Waals surface area contributed by atoms with E-state index in [2.05, 4.69) is 17.2 Å². The third kappa shape index (κ3) is 3.47. The fraction of sp³-hybridized carbons (Fsp3) is 0.583. The highest BCUT2D eigenvalue weighted by Crippen LogP contribution is 2.22. The van der Waals surface area contributed by atoms with Crippen LogP contribution in [0.2, 0.25) is 0 Å². The first-order valence-electron chi connectivity index (χ1n) is 5.54. The van der Waals surface area contributed by atoms with Crippen LogP contribution in [0.15, 0.2) is 18.3 Å². The number of pyridine rings is 1. The van der Waals surface area contributed by atoms with Crippen LogP contribution in [0.5, 0.6) is 5.88 Å². The molecule has 90 valence electrons. The monoisotopic (exact) mass is 224 g/mol. The number of nitrogens with zero attached hydrogens (tertiary/aromatic N) is 1. The highest BCUT2D eigenvalue weighted by atomic mass is 16.5. The standard InChI is InChI=1S/C12H20N2O2/c1-4-7-13-11(9-15-2)10-6-5-8-14-12(10)16-3/h5-6,8,11,13H,4,7,9H2,1-3H3. The lowest BCUT2D eigenvalue weighted by Gasteiger charge is -2.19. The summed E-state index contributed by atoms with van der Waals surface area (Å²) in [4.78, 5) is 4.19. The van der Waals surface area contributed by atoms with Gasteiger partial charge in [0.15, 0.2) is 0 Å². The first-order valence-corrected chi connectivity index (χ1v) is 5.54. The minimum Gasteiger partial charge on any atom is -0.481 e. The summed E-state index contributed by atoms with van der Waals surface area (Å²) < 4.78 is 10.5. The Labute approximate surface area is 97.0 Å². The summed E-state index contributed by atoms with van der Waals surface area (Å²) in [6, 6.07) is 4.06. The van der Waals surface area contributed by atoms with Crippen molar-refractivity contribution in [2.24, 2.45) is 0 Å². The molecule has 1 unspecified atom stereocenters. The van der Waals surface area contributed by atoms with Gasteiger partial charge in [-0.1, -0.05) is 13.0 Å². The Kier molecular flexibility index (Phi) is 5.82. The molecule has 0 aliphatic rings. The summed E-state index contributed by atoms with van der Waals surface area (Å²) in [5.74, 6) is 0.660. The van der Waals surface area contributed by atoms with Crippen molar-refractivity contribution >= 4 is 0 Å². The van der Waals surface area contributed by atoms with Crippen molar-refractivity contribution in [3.05, 3.63) is 23.9 Å². The summed E-state index contributed by atoms with van der Waals surface area (Å²) in [7, 11) is 3.33. The van der Waals surface area contributed by atoms with E-state index in [-0.39, 0.29) is 6.04 Å². The molecule has 0 radical (unpaired) electrons. The lowest BCUT2D eigenvalue weighted by Crippen LogP contribution is -2.26. The van der Waals surface area contributed by atoms with E-state index in [1.165, 1.54) is 0 Å². The second-order valence-corrected chi connectivity index (χ2v) is 3.56. The molecule has 4 heteroatoms. The molecule has 0 amide bonds. The topological polar surface area (TPSA) is 43.4 Å². The number of aromatic nitrogens is 1. The summed E-state index contributed by atoms with van der Waals surface area (Å²) in [6.45, 7) is 3.70. The average Bonchev–Trinajstić information content (AvgIpc) is 2.34. The van der Waals surface area contributed by atoms with Crippen molar-refractivity contribution in [1.82, 2.24) is 10.3 Å². The fourth-order valence-corrected chi connectivity index (χ4v) is 1.58. The van der Waals surface area contributed by atoms with E-state index in [4.69, 9.17) is 9.47 Å². The van der Waals surface area contributed by atoms with Crippen LogP contribution in [0.25, 0.3) is 0 Å². The minimum absolute atomic E-state index is 0.133. The van der Waals surface area contributed by atoms with Crippen molar-refractivity contribution in [2.75, 3.05) is 27.4 Å². The second-order valence-electron chi connectivity index (χ2n) is 3.56. The molecule has 0 aliphatic heterocycles. The quantitative estimate of drug-likeness (QED) is 0.766. The van der Waals surface area contributed by atoms with Crippen molar-refractivity contribution in [1.29, 1.82) is 0 Å². The van der Waals surface area contributed by atoms with Gasteiger partial charge in [-0.05, 0) is 19.0 Å². The van der Waals surface area contributed by atoms with E-state index in [0.29, 0.717) is 12.5 Å². The number of rotatable bonds is 7. The van der Waals surface area contributed by atoms with Crippen LogP contribution in [-0.4, -0.2) is 32.4 Å².